The molecule has 146 valence electrons. The molecule has 0 aliphatic heterocycles. The minimum absolute atomic E-state index is 0.0732. The molecule has 2 aliphatic rings. The van der Waals surface area contributed by atoms with Crippen LogP contribution in [0.5, 0.6) is 0 Å². The van der Waals surface area contributed by atoms with Crippen molar-refractivity contribution in [2.45, 2.75) is 83.2 Å². The summed E-state index contributed by atoms with van der Waals surface area (Å²) in [6, 6.07) is 3.03. The molecule has 0 spiro atoms. The second kappa shape index (κ2) is 8.31. The van der Waals surface area contributed by atoms with Gasteiger partial charge in [-0.05, 0) is 67.1 Å². The zero-order valence-electron chi connectivity index (χ0n) is 15.6. The lowest BCUT2D eigenvalue weighted by Crippen LogP contribution is -2.17. The Kier molecular flexibility index (Phi) is 6.29. The molecule has 0 bridgehead atoms. The first-order valence-electron chi connectivity index (χ1n) is 10.2. The second-order valence-corrected chi connectivity index (χ2v) is 8.65. The van der Waals surface area contributed by atoms with Gasteiger partial charge in [-0.15, -0.1) is 0 Å². The van der Waals surface area contributed by atoms with Crippen LogP contribution >= 0.6 is 0 Å². The van der Waals surface area contributed by atoms with Gasteiger partial charge < -0.3 is 0 Å². The van der Waals surface area contributed by atoms with E-state index in [1.54, 1.807) is 0 Å². The summed E-state index contributed by atoms with van der Waals surface area (Å²) in [4.78, 5) is 0. The van der Waals surface area contributed by atoms with Crippen molar-refractivity contribution in [3.8, 4) is 0 Å². The van der Waals surface area contributed by atoms with Crippen LogP contribution in [0.2, 0.25) is 0 Å². The first kappa shape index (κ1) is 19.7. The van der Waals surface area contributed by atoms with E-state index in [1.165, 1.54) is 44.6 Å². The Morgan fingerprint density at radius 2 is 1.38 bits per heavy atom. The van der Waals surface area contributed by atoms with Gasteiger partial charge in [0.15, 0.2) is 0 Å². The third kappa shape index (κ3) is 5.01. The van der Waals surface area contributed by atoms with Gasteiger partial charge in [0.05, 0.1) is 5.56 Å². The molecule has 0 nitrogen and oxygen atoms in total. The van der Waals surface area contributed by atoms with E-state index < -0.39 is 17.6 Å². The first-order valence-corrected chi connectivity index (χ1v) is 10.2. The molecule has 4 heteroatoms. The van der Waals surface area contributed by atoms with Gasteiger partial charge in [0.1, 0.15) is 5.82 Å². The Hall–Kier alpha value is -1.06. The van der Waals surface area contributed by atoms with Crippen molar-refractivity contribution in [3.63, 3.8) is 0 Å². The van der Waals surface area contributed by atoms with E-state index in [1.807, 2.05) is 0 Å². The van der Waals surface area contributed by atoms with Crippen LogP contribution in [0, 0.1) is 23.6 Å². The summed E-state index contributed by atoms with van der Waals surface area (Å²) in [7, 11) is 0. The maximum atomic E-state index is 14.2. The molecular weight excluding hydrogens is 340 g/mol. The number of hydrogen-bond donors (Lipinski definition) is 0. The lowest BCUT2D eigenvalue weighted by molar-refractivity contribution is -0.137. The van der Waals surface area contributed by atoms with E-state index in [0.717, 1.165) is 43.6 Å². The minimum Gasteiger partial charge on any atom is -0.207 e. The fourth-order valence-electron chi connectivity index (χ4n) is 4.89. The van der Waals surface area contributed by atoms with E-state index >= 15 is 0 Å². The average Bonchev–Trinajstić information content (AvgIpc) is 2.61. The van der Waals surface area contributed by atoms with Crippen molar-refractivity contribution in [1.29, 1.82) is 0 Å². The topological polar surface area (TPSA) is 0 Å². The minimum atomic E-state index is -4.48. The van der Waals surface area contributed by atoms with Gasteiger partial charge in [0, 0.05) is 0 Å². The Morgan fingerprint density at radius 3 is 1.88 bits per heavy atom. The molecule has 2 fully saturated rings. The molecule has 1 aromatic carbocycles. The van der Waals surface area contributed by atoms with Crippen LogP contribution in [0.25, 0.3) is 0 Å². The molecule has 1 aromatic rings. The van der Waals surface area contributed by atoms with Crippen LogP contribution in [-0.4, -0.2) is 0 Å². The lowest BCUT2D eigenvalue weighted by Gasteiger charge is -2.31. The summed E-state index contributed by atoms with van der Waals surface area (Å²) in [5.74, 6) is 1.86. The molecule has 2 aliphatic carbocycles. The summed E-state index contributed by atoms with van der Waals surface area (Å²) in [5, 5.41) is 0. The molecule has 0 saturated heterocycles. The zero-order chi connectivity index (χ0) is 18.7. The van der Waals surface area contributed by atoms with E-state index in [0.29, 0.717) is 17.5 Å². The zero-order valence-corrected chi connectivity index (χ0v) is 15.6. The van der Waals surface area contributed by atoms with E-state index in [-0.39, 0.29) is 5.92 Å². The Bertz CT molecular complexity index is 576. The third-order valence-electron chi connectivity index (χ3n) is 6.73. The molecule has 3 rings (SSSR count). The van der Waals surface area contributed by atoms with Crippen LogP contribution in [0.15, 0.2) is 18.2 Å². The summed E-state index contributed by atoms with van der Waals surface area (Å²) >= 11 is 0. The molecule has 2 saturated carbocycles. The van der Waals surface area contributed by atoms with Gasteiger partial charge in [0.2, 0.25) is 0 Å². The average molecular weight is 370 g/mol. The molecule has 0 amide bonds. The number of benzene rings is 1. The third-order valence-corrected chi connectivity index (χ3v) is 6.73. The van der Waals surface area contributed by atoms with Gasteiger partial charge in [-0.1, -0.05) is 51.5 Å². The maximum Gasteiger partial charge on any atom is 0.416 e. The summed E-state index contributed by atoms with van der Waals surface area (Å²) in [6.45, 7) is 2.35. The fourth-order valence-corrected chi connectivity index (χ4v) is 4.89. The lowest BCUT2D eigenvalue weighted by atomic mass is 9.74. The highest BCUT2D eigenvalue weighted by Gasteiger charge is 2.32. The normalized spacial score (nSPS) is 30.3. The van der Waals surface area contributed by atoms with Crippen molar-refractivity contribution in [3.05, 3.63) is 35.1 Å². The SMILES string of the molecule is CC1CCC(CCC2CCC(c3ccc(C(F)(F)F)cc3F)CC2)CC1. The number of halogens is 4. The molecular formula is C22H30F4. The first-order chi connectivity index (χ1) is 12.3. The van der Waals surface area contributed by atoms with E-state index in [2.05, 4.69) is 6.92 Å². The van der Waals surface area contributed by atoms with Crippen molar-refractivity contribution in [2.24, 2.45) is 17.8 Å². The number of rotatable bonds is 4. The van der Waals surface area contributed by atoms with Crippen molar-refractivity contribution in [1.82, 2.24) is 0 Å². The molecule has 0 N–H and O–H groups in total. The molecule has 26 heavy (non-hydrogen) atoms. The van der Waals surface area contributed by atoms with E-state index in [4.69, 9.17) is 0 Å². The number of hydrogen-bond acceptors (Lipinski definition) is 0. The second-order valence-electron chi connectivity index (χ2n) is 8.65. The largest absolute Gasteiger partial charge is 0.416 e. The van der Waals surface area contributed by atoms with Crippen LogP contribution in [0.3, 0.4) is 0 Å². The predicted molar refractivity (Wildman–Crippen MR) is 96.5 cm³/mol. The molecule has 0 unspecified atom stereocenters. The summed E-state index contributed by atoms with van der Waals surface area (Å²) < 4.78 is 52.2. The van der Waals surface area contributed by atoms with Crippen LogP contribution in [-0.2, 0) is 6.18 Å². The van der Waals surface area contributed by atoms with Crippen LogP contribution < -0.4 is 0 Å². The monoisotopic (exact) mass is 370 g/mol. The van der Waals surface area contributed by atoms with E-state index in [9.17, 15) is 17.6 Å². The molecule has 0 atom stereocenters. The molecule has 0 radical (unpaired) electrons. The van der Waals surface area contributed by atoms with Crippen LogP contribution in [0.1, 0.15) is 88.2 Å². The van der Waals surface area contributed by atoms with Gasteiger partial charge >= 0.3 is 6.18 Å². The quantitative estimate of drug-likeness (QED) is 0.476. The highest BCUT2D eigenvalue weighted by molar-refractivity contribution is 5.29. The fraction of sp³-hybridized carbons (Fsp3) is 0.727. The maximum absolute atomic E-state index is 14.2. The highest BCUT2D eigenvalue weighted by Crippen LogP contribution is 2.41. The van der Waals surface area contributed by atoms with Gasteiger partial charge in [0.25, 0.3) is 0 Å². The highest BCUT2D eigenvalue weighted by atomic mass is 19.4. The number of alkyl halides is 3. The van der Waals surface area contributed by atoms with Crippen molar-refractivity contribution >= 4 is 0 Å². The van der Waals surface area contributed by atoms with Crippen LogP contribution in [0.4, 0.5) is 17.6 Å². The standard InChI is InChI=1S/C22H30F4/c1-15-2-4-16(5-3-15)6-7-17-8-10-18(11-9-17)20-13-12-19(14-21(20)23)22(24,25)26/h12-18H,2-11H2,1H3. The smallest absolute Gasteiger partial charge is 0.207 e. The Morgan fingerprint density at radius 1 is 0.846 bits per heavy atom. The molecule has 0 aromatic heterocycles. The van der Waals surface area contributed by atoms with Gasteiger partial charge in [-0.25, -0.2) is 4.39 Å². The van der Waals surface area contributed by atoms with Crippen molar-refractivity contribution < 1.29 is 17.6 Å². The van der Waals surface area contributed by atoms with Crippen molar-refractivity contribution in [2.75, 3.05) is 0 Å². The summed E-state index contributed by atoms with van der Waals surface area (Å²) in [6.07, 6.45) is 7.52. The predicted octanol–water partition coefficient (Wildman–Crippen LogP) is 7.72. The Balaban J connectivity index is 1.48. The van der Waals surface area contributed by atoms with Gasteiger partial charge in [-0.3, -0.25) is 0 Å². The van der Waals surface area contributed by atoms with Gasteiger partial charge in [-0.2, -0.15) is 13.2 Å². The summed E-state index contributed by atoms with van der Waals surface area (Å²) in [5.41, 5.74) is -0.424. The Labute approximate surface area is 154 Å². The molecule has 0 heterocycles.